The first-order valence-electron chi connectivity index (χ1n) is 6.98. The Morgan fingerprint density at radius 2 is 2.17 bits per heavy atom. The molecule has 3 aromatic rings. The molecule has 0 fully saturated rings. The van der Waals surface area contributed by atoms with Crippen molar-refractivity contribution in [1.29, 1.82) is 0 Å². The topological polar surface area (TPSA) is 92.5 Å². The Hall–Kier alpha value is -2.75. The number of H-pyrrole nitrogens is 1. The zero-order chi connectivity index (χ0) is 17.2. The molecule has 0 radical (unpaired) electrons. The Labute approximate surface area is 134 Å². The first-order valence-corrected chi connectivity index (χ1v) is 6.98. The molecule has 2 N–H and O–H groups in total. The summed E-state index contributed by atoms with van der Waals surface area (Å²) in [7, 11) is 0. The molecule has 0 spiro atoms. The van der Waals surface area contributed by atoms with Crippen LogP contribution in [0.25, 0.3) is 0 Å². The highest BCUT2D eigenvalue weighted by molar-refractivity contribution is 5.31. The Morgan fingerprint density at radius 1 is 1.33 bits per heavy atom. The van der Waals surface area contributed by atoms with Crippen LogP contribution >= 0.6 is 0 Å². The van der Waals surface area contributed by atoms with Crippen molar-refractivity contribution in [2.24, 2.45) is 0 Å². The van der Waals surface area contributed by atoms with E-state index in [9.17, 15) is 13.2 Å². The molecule has 7 nitrogen and oxygen atoms in total. The predicted octanol–water partition coefficient (Wildman–Crippen LogP) is 2.39. The Morgan fingerprint density at radius 3 is 2.79 bits per heavy atom. The van der Waals surface area contributed by atoms with Crippen molar-refractivity contribution < 1.29 is 17.7 Å². The van der Waals surface area contributed by atoms with E-state index in [1.54, 1.807) is 13.0 Å². The largest absolute Gasteiger partial charge is 0.416 e. The quantitative estimate of drug-likeness (QED) is 0.742. The van der Waals surface area contributed by atoms with Crippen molar-refractivity contribution in [3.8, 4) is 0 Å². The van der Waals surface area contributed by atoms with E-state index in [4.69, 9.17) is 4.52 Å². The number of nitrogens with one attached hydrogen (secondary N) is 2. The molecule has 2 aromatic heterocycles. The molecule has 0 aliphatic heterocycles. The summed E-state index contributed by atoms with van der Waals surface area (Å²) in [5.74, 6) is 1.18. The van der Waals surface area contributed by atoms with Crippen LogP contribution in [0.15, 0.2) is 35.1 Å². The smallest absolute Gasteiger partial charge is 0.340 e. The molecule has 3 rings (SSSR count). The third-order valence-corrected chi connectivity index (χ3v) is 3.29. The lowest BCUT2D eigenvalue weighted by atomic mass is 10.0. The normalized spacial score (nSPS) is 13.2. The van der Waals surface area contributed by atoms with Gasteiger partial charge in [-0.15, -0.1) is 0 Å². The molecule has 0 amide bonds. The van der Waals surface area contributed by atoms with Crippen LogP contribution < -0.4 is 5.32 Å². The number of hydrogen-bond donors (Lipinski definition) is 2. The fourth-order valence-electron chi connectivity index (χ4n) is 2.23. The molecule has 10 heteroatoms. The molecule has 0 aliphatic rings. The van der Waals surface area contributed by atoms with Gasteiger partial charge in [-0.1, -0.05) is 17.3 Å². The van der Waals surface area contributed by atoms with Crippen LogP contribution in [0.2, 0.25) is 0 Å². The van der Waals surface area contributed by atoms with Gasteiger partial charge in [0.15, 0.2) is 5.82 Å². The van der Waals surface area contributed by atoms with Crippen LogP contribution in [0.5, 0.6) is 0 Å². The van der Waals surface area contributed by atoms with E-state index in [0.29, 0.717) is 23.1 Å². The lowest BCUT2D eigenvalue weighted by molar-refractivity contribution is -0.137. The first kappa shape index (κ1) is 16.1. The van der Waals surface area contributed by atoms with Crippen molar-refractivity contribution in [2.45, 2.75) is 25.7 Å². The molecule has 1 aromatic carbocycles. The summed E-state index contributed by atoms with van der Waals surface area (Å²) >= 11 is 0. The summed E-state index contributed by atoms with van der Waals surface area (Å²) in [6.07, 6.45) is -3.14. The monoisotopic (exact) mass is 338 g/mol. The summed E-state index contributed by atoms with van der Waals surface area (Å²) in [5, 5.41) is 13.2. The molecule has 1 unspecified atom stereocenters. The maximum atomic E-state index is 12.9. The van der Waals surface area contributed by atoms with Crippen LogP contribution in [0.1, 0.15) is 34.7 Å². The van der Waals surface area contributed by atoms with Crippen molar-refractivity contribution >= 4 is 0 Å². The minimum Gasteiger partial charge on any atom is -0.340 e. The van der Waals surface area contributed by atoms with Gasteiger partial charge in [-0.25, -0.2) is 4.98 Å². The second-order valence-electron chi connectivity index (χ2n) is 5.04. The van der Waals surface area contributed by atoms with Crippen LogP contribution in [0, 0.1) is 6.92 Å². The summed E-state index contributed by atoms with van der Waals surface area (Å²) in [6, 6.07) is 4.39. The van der Waals surface area contributed by atoms with E-state index < -0.39 is 17.8 Å². The number of aromatic nitrogens is 5. The molecular weight excluding hydrogens is 325 g/mol. The van der Waals surface area contributed by atoms with Crippen LogP contribution in [0.3, 0.4) is 0 Å². The summed E-state index contributed by atoms with van der Waals surface area (Å²) in [5.41, 5.74) is -0.344. The number of rotatable bonds is 5. The minimum atomic E-state index is -4.42. The SMILES string of the molecule is Cc1nc(CNC(c2cccc(C(F)(F)F)c2)c2ncn[nH]2)no1. The molecular formula is C14H13F3N6O. The Bertz CT molecular complexity index is 799. The van der Waals surface area contributed by atoms with E-state index in [1.807, 2.05) is 0 Å². The maximum absolute atomic E-state index is 12.9. The fourth-order valence-corrected chi connectivity index (χ4v) is 2.23. The van der Waals surface area contributed by atoms with Gasteiger partial charge in [0.05, 0.1) is 18.2 Å². The number of hydrogen-bond acceptors (Lipinski definition) is 6. The number of nitrogens with zero attached hydrogens (tertiary/aromatic N) is 4. The molecule has 0 saturated carbocycles. The highest BCUT2D eigenvalue weighted by Crippen LogP contribution is 2.31. The summed E-state index contributed by atoms with van der Waals surface area (Å²) in [4.78, 5) is 8.08. The molecule has 24 heavy (non-hydrogen) atoms. The minimum absolute atomic E-state index is 0.193. The van der Waals surface area contributed by atoms with Crippen molar-refractivity contribution in [3.05, 3.63) is 59.3 Å². The van der Waals surface area contributed by atoms with Crippen molar-refractivity contribution in [1.82, 2.24) is 30.6 Å². The fraction of sp³-hybridized carbons (Fsp3) is 0.286. The lowest BCUT2D eigenvalue weighted by Crippen LogP contribution is -2.24. The van der Waals surface area contributed by atoms with Crippen LogP contribution in [-0.4, -0.2) is 25.3 Å². The average molecular weight is 338 g/mol. The van der Waals surface area contributed by atoms with Gasteiger partial charge in [-0.3, -0.25) is 10.4 Å². The lowest BCUT2D eigenvalue weighted by Gasteiger charge is -2.17. The van der Waals surface area contributed by atoms with Crippen molar-refractivity contribution in [2.75, 3.05) is 0 Å². The zero-order valence-corrected chi connectivity index (χ0v) is 12.5. The van der Waals surface area contributed by atoms with Gasteiger partial charge in [0.1, 0.15) is 12.2 Å². The molecule has 1 atom stereocenters. The van der Waals surface area contributed by atoms with Gasteiger partial charge in [0, 0.05) is 6.92 Å². The van der Waals surface area contributed by atoms with Gasteiger partial charge in [0.2, 0.25) is 5.89 Å². The molecule has 0 bridgehead atoms. The van der Waals surface area contributed by atoms with Gasteiger partial charge < -0.3 is 4.52 Å². The van der Waals surface area contributed by atoms with Gasteiger partial charge in [0.25, 0.3) is 0 Å². The van der Waals surface area contributed by atoms with Gasteiger partial charge in [-0.05, 0) is 17.7 Å². The van der Waals surface area contributed by atoms with Gasteiger partial charge in [-0.2, -0.15) is 23.3 Å². The molecule has 126 valence electrons. The van der Waals surface area contributed by atoms with E-state index in [2.05, 4.69) is 30.6 Å². The van der Waals surface area contributed by atoms with E-state index in [1.165, 1.54) is 12.4 Å². The Kier molecular flexibility index (Phi) is 4.30. The second-order valence-corrected chi connectivity index (χ2v) is 5.04. The third kappa shape index (κ3) is 3.59. The average Bonchev–Trinajstić information content (AvgIpc) is 3.19. The van der Waals surface area contributed by atoms with Crippen LogP contribution in [-0.2, 0) is 12.7 Å². The van der Waals surface area contributed by atoms with E-state index >= 15 is 0 Å². The summed E-state index contributed by atoms with van der Waals surface area (Å²) < 4.78 is 43.7. The number of halogens is 3. The van der Waals surface area contributed by atoms with E-state index in [0.717, 1.165) is 12.1 Å². The maximum Gasteiger partial charge on any atom is 0.416 e. The second kappa shape index (κ2) is 6.40. The van der Waals surface area contributed by atoms with Crippen molar-refractivity contribution in [3.63, 3.8) is 0 Å². The van der Waals surface area contributed by atoms with Crippen LogP contribution in [0.4, 0.5) is 13.2 Å². The summed E-state index contributed by atoms with van der Waals surface area (Å²) in [6.45, 7) is 1.84. The van der Waals surface area contributed by atoms with Gasteiger partial charge >= 0.3 is 6.18 Å². The first-order chi connectivity index (χ1) is 11.4. The molecule has 2 heterocycles. The molecule has 0 saturated heterocycles. The number of aryl methyl sites for hydroxylation is 1. The molecule has 0 aliphatic carbocycles. The Balaban J connectivity index is 1.88. The predicted molar refractivity (Wildman–Crippen MR) is 75.5 cm³/mol. The van der Waals surface area contributed by atoms with E-state index in [-0.39, 0.29) is 6.54 Å². The zero-order valence-electron chi connectivity index (χ0n) is 12.5. The highest BCUT2D eigenvalue weighted by Gasteiger charge is 2.31. The third-order valence-electron chi connectivity index (χ3n) is 3.29. The standard InChI is InChI=1S/C14H13F3N6O/c1-8-21-11(23-24-8)6-18-12(13-19-7-20-22-13)9-3-2-4-10(5-9)14(15,16)17/h2-5,7,12,18H,6H2,1H3,(H,19,20,22). The number of alkyl halides is 3. The number of benzene rings is 1. The number of aromatic amines is 1. The highest BCUT2D eigenvalue weighted by atomic mass is 19.4.